The van der Waals surface area contributed by atoms with Crippen molar-refractivity contribution >= 4 is 22.7 Å². The molecular formula is C16H19N3O3. The van der Waals surface area contributed by atoms with Gasteiger partial charge in [-0.2, -0.15) is 0 Å². The minimum Gasteiger partial charge on any atom is -0.388 e. The third-order valence-corrected chi connectivity index (χ3v) is 4.08. The third kappa shape index (κ3) is 3.12. The maximum Gasteiger partial charge on any atom is 0.268 e. The Hall–Kier alpha value is -2.34. The Morgan fingerprint density at radius 1 is 1.23 bits per heavy atom. The molecule has 22 heavy (non-hydrogen) atoms. The van der Waals surface area contributed by atoms with Crippen molar-refractivity contribution < 1.29 is 14.7 Å². The van der Waals surface area contributed by atoms with Crippen LogP contribution in [0.3, 0.4) is 0 Å². The van der Waals surface area contributed by atoms with Crippen LogP contribution in [-0.2, 0) is 4.79 Å². The molecule has 6 heteroatoms. The van der Waals surface area contributed by atoms with Crippen molar-refractivity contribution in [2.24, 2.45) is 0 Å². The summed E-state index contributed by atoms with van der Waals surface area (Å²) in [6.07, 6.45) is 2.42. The molecule has 3 rings (SSSR count). The van der Waals surface area contributed by atoms with Gasteiger partial charge in [0.2, 0.25) is 5.91 Å². The molecule has 0 aliphatic heterocycles. The molecule has 0 unspecified atom stereocenters. The summed E-state index contributed by atoms with van der Waals surface area (Å²) in [5.41, 5.74) is 0.549. The second kappa shape index (κ2) is 5.81. The molecule has 4 N–H and O–H groups in total. The molecule has 0 radical (unpaired) electrons. The number of aliphatic hydroxyl groups is 1. The number of aromatic nitrogens is 1. The monoisotopic (exact) mass is 301 g/mol. The summed E-state index contributed by atoms with van der Waals surface area (Å²) >= 11 is 0. The van der Waals surface area contributed by atoms with Gasteiger partial charge in [-0.3, -0.25) is 9.59 Å². The Bertz CT molecular complexity index is 670. The topological polar surface area (TPSA) is 94.2 Å². The van der Waals surface area contributed by atoms with Crippen molar-refractivity contribution in [1.29, 1.82) is 0 Å². The Balaban J connectivity index is 1.50. The zero-order valence-corrected chi connectivity index (χ0v) is 12.2. The van der Waals surface area contributed by atoms with Gasteiger partial charge in [0.1, 0.15) is 5.69 Å². The van der Waals surface area contributed by atoms with Gasteiger partial charge >= 0.3 is 0 Å². The lowest BCUT2D eigenvalue weighted by Crippen LogP contribution is -2.49. The average Bonchev–Trinajstić information content (AvgIpc) is 2.92. The molecule has 2 aromatic rings. The van der Waals surface area contributed by atoms with Crippen LogP contribution in [0.4, 0.5) is 0 Å². The smallest absolute Gasteiger partial charge is 0.268 e. The van der Waals surface area contributed by atoms with Crippen molar-refractivity contribution in [3.8, 4) is 0 Å². The van der Waals surface area contributed by atoms with E-state index in [0.717, 1.165) is 17.3 Å². The Morgan fingerprint density at radius 3 is 2.68 bits per heavy atom. The highest BCUT2D eigenvalue weighted by atomic mass is 16.3. The van der Waals surface area contributed by atoms with E-state index in [1.165, 1.54) is 0 Å². The SMILES string of the molecule is O=C(CNC(=O)c1cc2ccccc2[nH]1)NCC1(O)CCC1. The number of hydrogen-bond donors (Lipinski definition) is 4. The van der Waals surface area contributed by atoms with Gasteiger partial charge in [0.05, 0.1) is 12.1 Å². The van der Waals surface area contributed by atoms with Gasteiger partial charge in [0.15, 0.2) is 0 Å². The molecule has 1 heterocycles. The molecule has 0 bridgehead atoms. The number of para-hydroxylation sites is 1. The lowest BCUT2D eigenvalue weighted by atomic mass is 9.80. The number of benzene rings is 1. The molecule has 1 aromatic carbocycles. The van der Waals surface area contributed by atoms with Gasteiger partial charge in [-0.15, -0.1) is 0 Å². The summed E-state index contributed by atoms with van der Waals surface area (Å²) < 4.78 is 0. The molecule has 1 fully saturated rings. The van der Waals surface area contributed by atoms with Crippen molar-refractivity contribution in [3.05, 3.63) is 36.0 Å². The van der Waals surface area contributed by atoms with Crippen molar-refractivity contribution in [1.82, 2.24) is 15.6 Å². The number of amides is 2. The van der Waals surface area contributed by atoms with Crippen LogP contribution >= 0.6 is 0 Å². The normalized spacial score (nSPS) is 16.0. The summed E-state index contributed by atoms with van der Waals surface area (Å²) in [5, 5.41) is 16.0. The summed E-state index contributed by atoms with van der Waals surface area (Å²) in [5.74, 6) is -0.626. The van der Waals surface area contributed by atoms with Crippen molar-refractivity contribution in [2.75, 3.05) is 13.1 Å². The molecule has 1 aliphatic carbocycles. The van der Waals surface area contributed by atoms with Crippen LogP contribution in [0.15, 0.2) is 30.3 Å². The van der Waals surface area contributed by atoms with Gasteiger partial charge in [0, 0.05) is 17.4 Å². The van der Waals surface area contributed by atoms with E-state index in [2.05, 4.69) is 15.6 Å². The maximum atomic E-state index is 12.0. The van der Waals surface area contributed by atoms with E-state index >= 15 is 0 Å². The van der Waals surface area contributed by atoms with E-state index in [1.807, 2.05) is 24.3 Å². The molecule has 0 atom stereocenters. The number of carbonyl (C=O) groups excluding carboxylic acids is 2. The Labute approximate surface area is 127 Å². The zero-order valence-electron chi connectivity index (χ0n) is 12.2. The van der Waals surface area contributed by atoms with Crippen LogP contribution in [0.25, 0.3) is 10.9 Å². The van der Waals surface area contributed by atoms with Gasteiger partial charge in [-0.1, -0.05) is 18.2 Å². The molecule has 0 spiro atoms. The first-order valence-electron chi connectivity index (χ1n) is 7.41. The average molecular weight is 301 g/mol. The highest BCUT2D eigenvalue weighted by Gasteiger charge is 2.34. The Kier molecular flexibility index (Phi) is 3.85. The molecular weight excluding hydrogens is 282 g/mol. The fraction of sp³-hybridized carbons (Fsp3) is 0.375. The van der Waals surface area contributed by atoms with E-state index in [0.29, 0.717) is 18.5 Å². The molecule has 1 saturated carbocycles. The number of nitrogens with one attached hydrogen (secondary N) is 3. The van der Waals surface area contributed by atoms with E-state index in [9.17, 15) is 14.7 Å². The fourth-order valence-corrected chi connectivity index (χ4v) is 2.54. The minimum absolute atomic E-state index is 0.107. The standard InChI is InChI=1S/C16H19N3O3/c20-14(18-10-16(22)6-3-7-16)9-17-15(21)13-8-11-4-1-2-5-12(11)19-13/h1-2,4-5,8,19,22H,3,6-7,9-10H2,(H,17,21)(H,18,20). The Morgan fingerprint density at radius 2 is 2.00 bits per heavy atom. The molecule has 1 aliphatic rings. The first-order valence-corrected chi connectivity index (χ1v) is 7.41. The van der Waals surface area contributed by atoms with Crippen molar-refractivity contribution in [2.45, 2.75) is 24.9 Å². The number of fused-ring (bicyclic) bond motifs is 1. The molecule has 2 amide bonds. The van der Waals surface area contributed by atoms with E-state index < -0.39 is 5.60 Å². The lowest BCUT2D eigenvalue weighted by molar-refractivity contribution is -0.122. The van der Waals surface area contributed by atoms with E-state index in [1.54, 1.807) is 6.07 Å². The fourth-order valence-electron chi connectivity index (χ4n) is 2.54. The van der Waals surface area contributed by atoms with Crippen LogP contribution in [0.5, 0.6) is 0 Å². The van der Waals surface area contributed by atoms with E-state index in [-0.39, 0.29) is 24.9 Å². The summed E-state index contributed by atoms with van der Waals surface area (Å²) in [7, 11) is 0. The lowest BCUT2D eigenvalue weighted by Gasteiger charge is -2.36. The van der Waals surface area contributed by atoms with Gasteiger partial charge in [0.25, 0.3) is 5.91 Å². The minimum atomic E-state index is -0.753. The van der Waals surface area contributed by atoms with Crippen LogP contribution in [-0.4, -0.2) is 40.6 Å². The first kappa shape index (κ1) is 14.6. The predicted octanol–water partition coefficient (Wildman–Crippen LogP) is 0.929. The van der Waals surface area contributed by atoms with Crippen LogP contribution < -0.4 is 10.6 Å². The molecule has 0 saturated heterocycles. The second-order valence-electron chi connectivity index (χ2n) is 5.81. The zero-order chi connectivity index (χ0) is 15.6. The third-order valence-electron chi connectivity index (χ3n) is 4.08. The predicted molar refractivity (Wildman–Crippen MR) is 82.4 cm³/mol. The van der Waals surface area contributed by atoms with Gasteiger partial charge < -0.3 is 20.7 Å². The second-order valence-corrected chi connectivity index (χ2v) is 5.81. The molecule has 1 aromatic heterocycles. The van der Waals surface area contributed by atoms with E-state index in [4.69, 9.17) is 0 Å². The highest BCUT2D eigenvalue weighted by molar-refractivity contribution is 5.99. The summed E-state index contributed by atoms with van der Waals surface area (Å²) in [6.45, 7) is 0.137. The number of carbonyl (C=O) groups is 2. The summed E-state index contributed by atoms with van der Waals surface area (Å²) in [4.78, 5) is 26.7. The number of hydrogen-bond acceptors (Lipinski definition) is 3. The van der Waals surface area contributed by atoms with Crippen LogP contribution in [0.1, 0.15) is 29.8 Å². The largest absolute Gasteiger partial charge is 0.388 e. The number of H-pyrrole nitrogens is 1. The first-order chi connectivity index (χ1) is 10.6. The van der Waals surface area contributed by atoms with Crippen LogP contribution in [0.2, 0.25) is 0 Å². The quantitative estimate of drug-likeness (QED) is 0.662. The maximum absolute atomic E-state index is 12.0. The number of rotatable bonds is 5. The highest BCUT2D eigenvalue weighted by Crippen LogP contribution is 2.30. The van der Waals surface area contributed by atoms with Gasteiger partial charge in [-0.05, 0) is 31.4 Å². The number of aromatic amines is 1. The molecule has 116 valence electrons. The summed E-state index contributed by atoms with van der Waals surface area (Å²) in [6, 6.07) is 9.34. The van der Waals surface area contributed by atoms with Crippen LogP contribution in [0, 0.1) is 0 Å². The van der Waals surface area contributed by atoms with Crippen molar-refractivity contribution in [3.63, 3.8) is 0 Å². The van der Waals surface area contributed by atoms with Gasteiger partial charge in [-0.25, -0.2) is 0 Å². The molecule has 6 nitrogen and oxygen atoms in total.